The lowest BCUT2D eigenvalue weighted by Gasteiger charge is -2.50. The standard InChI is InChI=1S/C23H32FN5O3/c24-19-13-16(4-6-21(19)29(31)32)28-10-8-27(9-11-28)14-15-3-5-17-20(12-15)26-23(30)18-2-1-7-25-22(17)18/h4,6,13,15,17-18,20,22,25H,1-3,5,7-12,14H2,(H,26,30). The molecule has 2 N–H and O–H groups in total. The quantitative estimate of drug-likeness (QED) is 0.545. The molecule has 0 radical (unpaired) electrons. The van der Waals surface area contributed by atoms with Gasteiger partial charge in [-0.3, -0.25) is 19.8 Å². The molecule has 0 aromatic heterocycles. The van der Waals surface area contributed by atoms with Gasteiger partial charge >= 0.3 is 5.69 Å². The monoisotopic (exact) mass is 445 g/mol. The van der Waals surface area contributed by atoms with E-state index in [0.717, 1.165) is 58.5 Å². The maximum atomic E-state index is 14.0. The van der Waals surface area contributed by atoms with Gasteiger partial charge in [0, 0.05) is 62.6 Å². The van der Waals surface area contributed by atoms with Crippen LogP contribution < -0.4 is 15.5 Å². The van der Waals surface area contributed by atoms with E-state index in [1.807, 2.05) is 0 Å². The SMILES string of the molecule is O=C1NC2CC(CN3CCN(c4ccc([N+](=O)[O-])c(F)c4)CC3)CCC2C2NCCCC12. The van der Waals surface area contributed by atoms with Crippen molar-refractivity contribution in [1.82, 2.24) is 15.5 Å². The molecule has 32 heavy (non-hydrogen) atoms. The Labute approximate surface area is 187 Å². The molecular formula is C23H32FN5O3. The Balaban J connectivity index is 1.13. The molecule has 8 nitrogen and oxygen atoms in total. The third kappa shape index (κ3) is 4.20. The van der Waals surface area contributed by atoms with Gasteiger partial charge in [-0.1, -0.05) is 0 Å². The molecule has 3 saturated heterocycles. The number of carbonyl (C=O) groups excluding carboxylic acids is 1. The third-order valence-electron chi connectivity index (χ3n) is 8.03. The number of piperazine rings is 1. The van der Waals surface area contributed by atoms with Crippen LogP contribution in [-0.2, 0) is 4.79 Å². The second-order valence-electron chi connectivity index (χ2n) is 9.87. The van der Waals surface area contributed by atoms with Crippen LogP contribution >= 0.6 is 0 Å². The molecule has 1 aromatic rings. The molecule has 5 rings (SSSR count). The Morgan fingerprint density at radius 2 is 1.97 bits per heavy atom. The Hall–Kier alpha value is -2.26. The van der Waals surface area contributed by atoms with Crippen LogP contribution in [-0.4, -0.2) is 67.1 Å². The van der Waals surface area contributed by atoms with Crippen LogP contribution in [0, 0.1) is 33.7 Å². The van der Waals surface area contributed by atoms with E-state index in [-0.39, 0.29) is 17.9 Å². The number of nitro groups is 1. The second-order valence-corrected chi connectivity index (χ2v) is 9.87. The average molecular weight is 446 g/mol. The number of hydrogen-bond donors (Lipinski definition) is 2. The average Bonchev–Trinajstić information content (AvgIpc) is 2.79. The summed E-state index contributed by atoms with van der Waals surface area (Å²) < 4.78 is 14.0. The number of nitrogens with zero attached hydrogens (tertiary/aromatic N) is 3. The topological polar surface area (TPSA) is 90.8 Å². The van der Waals surface area contributed by atoms with Crippen LogP contribution in [0.5, 0.6) is 0 Å². The number of amides is 1. The van der Waals surface area contributed by atoms with Gasteiger partial charge in [0.15, 0.2) is 0 Å². The number of benzene rings is 1. The number of hydrogen-bond acceptors (Lipinski definition) is 6. The highest BCUT2D eigenvalue weighted by Crippen LogP contribution is 2.39. The second kappa shape index (κ2) is 8.94. The highest BCUT2D eigenvalue weighted by molar-refractivity contribution is 5.81. The van der Waals surface area contributed by atoms with Crippen LogP contribution in [0.3, 0.4) is 0 Å². The number of nitro benzene ring substituents is 1. The van der Waals surface area contributed by atoms with Gasteiger partial charge in [-0.15, -0.1) is 0 Å². The van der Waals surface area contributed by atoms with Crippen molar-refractivity contribution in [3.05, 3.63) is 34.1 Å². The van der Waals surface area contributed by atoms with Gasteiger partial charge in [0.2, 0.25) is 11.7 Å². The summed E-state index contributed by atoms with van der Waals surface area (Å²) in [4.78, 5) is 27.3. The number of rotatable bonds is 4. The molecule has 5 atom stereocenters. The first-order chi connectivity index (χ1) is 15.5. The van der Waals surface area contributed by atoms with Gasteiger partial charge in [-0.2, -0.15) is 4.39 Å². The van der Waals surface area contributed by atoms with Crippen molar-refractivity contribution in [2.24, 2.45) is 17.8 Å². The molecule has 1 aliphatic carbocycles. The van der Waals surface area contributed by atoms with E-state index >= 15 is 0 Å². The molecule has 3 aliphatic heterocycles. The minimum absolute atomic E-state index is 0.152. The molecule has 0 bridgehead atoms. The summed E-state index contributed by atoms with van der Waals surface area (Å²) in [5.41, 5.74) is 0.222. The predicted octanol–water partition coefficient (Wildman–Crippen LogP) is 2.14. The van der Waals surface area contributed by atoms with E-state index in [9.17, 15) is 19.3 Å². The van der Waals surface area contributed by atoms with Gasteiger partial charge in [0.25, 0.3) is 0 Å². The van der Waals surface area contributed by atoms with Gasteiger partial charge in [-0.05, 0) is 56.6 Å². The van der Waals surface area contributed by atoms with Crippen molar-refractivity contribution in [2.75, 3.05) is 44.2 Å². The van der Waals surface area contributed by atoms with Crippen molar-refractivity contribution >= 4 is 17.3 Å². The minimum Gasteiger partial charge on any atom is -0.369 e. The molecule has 3 heterocycles. The van der Waals surface area contributed by atoms with E-state index in [2.05, 4.69) is 20.4 Å². The van der Waals surface area contributed by atoms with Crippen molar-refractivity contribution in [3.63, 3.8) is 0 Å². The van der Waals surface area contributed by atoms with Gasteiger partial charge in [0.05, 0.1) is 10.8 Å². The summed E-state index contributed by atoms with van der Waals surface area (Å²) in [6.45, 7) is 5.40. The number of nitrogens with one attached hydrogen (secondary N) is 2. The largest absolute Gasteiger partial charge is 0.369 e. The highest BCUT2D eigenvalue weighted by atomic mass is 19.1. The fourth-order valence-electron chi connectivity index (χ4n) is 6.38. The lowest BCUT2D eigenvalue weighted by Crippen LogP contribution is -2.64. The Morgan fingerprint density at radius 1 is 1.16 bits per heavy atom. The van der Waals surface area contributed by atoms with Crippen LogP contribution in [0.2, 0.25) is 0 Å². The van der Waals surface area contributed by atoms with E-state index < -0.39 is 16.4 Å². The third-order valence-corrected chi connectivity index (χ3v) is 8.03. The summed E-state index contributed by atoms with van der Waals surface area (Å²) in [7, 11) is 0. The fraction of sp³-hybridized carbons (Fsp3) is 0.696. The van der Waals surface area contributed by atoms with E-state index in [1.165, 1.54) is 25.0 Å². The van der Waals surface area contributed by atoms with Crippen LogP contribution in [0.25, 0.3) is 0 Å². The first-order valence-electron chi connectivity index (χ1n) is 11.9. The van der Waals surface area contributed by atoms with Gasteiger partial charge in [0.1, 0.15) is 0 Å². The maximum Gasteiger partial charge on any atom is 0.304 e. The minimum atomic E-state index is -0.782. The first-order valence-corrected chi connectivity index (χ1v) is 11.9. The zero-order valence-electron chi connectivity index (χ0n) is 18.3. The summed E-state index contributed by atoms with van der Waals surface area (Å²) in [6, 6.07) is 4.80. The van der Waals surface area contributed by atoms with Gasteiger partial charge in [-0.25, -0.2) is 0 Å². The Morgan fingerprint density at radius 3 is 2.72 bits per heavy atom. The molecule has 1 aromatic carbocycles. The molecule has 0 spiro atoms. The fourth-order valence-corrected chi connectivity index (χ4v) is 6.38. The zero-order valence-corrected chi connectivity index (χ0v) is 18.3. The normalized spacial score (nSPS) is 33.2. The number of carbonyl (C=O) groups is 1. The van der Waals surface area contributed by atoms with E-state index in [4.69, 9.17) is 0 Å². The Bertz CT molecular complexity index is 875. The summed E-state index contributed by atoms with van der Waals surface area (Å²) in [5, 5.41) is 17.8. The lowest BCUT2D eigenvalue weighted by atomic mass is 9.67. The zero-order chi connectivity index (χ0) is 22.2. The molecule has 4 fully saturated rings. The maximum absolute atomic E-state index is 14.0. The molecule has 9 heteroatoms. The van der Waals surface area contributed by atoms with E-state index in [1.54, 1.807) is 6.07 Å². The van der Waals surface area contributed by atoms with Crippen molar-refractivity contribution < 1.29 is 14.1 Å². The number of fused-ring (bicyclic) bond motifs is 3. The molecule has 5 unspecified atom stereocenters. The van der Waals surface area contributed by atoms with Crippen LogP contribution in [0.15, 0.2) is 18.2 Å². The number of anilines is 1. The summed E-state index contributed by atoms with van der Waals surface area (Å²) in [5.74, 6) is 0.756. The molecule has 174 valence electrons. The smallest absolute Gasteiger partial charge is 0.304 e. The molecular weight excluding hydrogens is 413 g/mol. The van der Waals surface area contributed by atoms with E-state index in [0.29, 0.717) is 23.6 Å². The summed E-state index contributed by atoms with van der Waals surface area (Å²) >= 11 is 0. The molecule has 4 aliphatic rings. The predicted molar refractivity (Wildman–Crippen MR) is 119 cm³/mol. The molecule has 1 saturated carbocycles. The van der Waals surface area contributed by atoms with Crippen LogP contribution in [0.4, 0.5) is 15.8 Å². The highest BCUT2D eigenvalue weighted by Gasteiger charge is 2.47. The number of piperidine rings is 2. The van der Waals surface area contributed by atoms with Crippen molar-refractivity contribution in [2.45, 2.75) is 44.2 Å². The summed E-state index contributed by atoms with van der Waals surface area (Å²) in [6.07, 6.45) is 5.53. The molecule has 1 amide bonds. The van der Waals surface area contributed by atoms with Gasteiger partial charge < -0.3 is 15.5 Å². The van der Waals surface area contributed by atoms with Crippen LogP contribution in [0.1, 0.15) is 32.1 Å². The van der Waals surface area contributed by atoms with Crippen molar-refractivity contribution in [1.29, 1.82) is 0 Å². The first kappa shape index (κ1) is 21.6. The lowest BCUT2D eigenvalue weighted by molar-refractivity contribution is -0.387. The Kier molecular flexibility index (Phi) is 6.03. The number of halogens is 1. The van der Waals surface area contributed by atoms with Crippen molar-refractivity contribution in [3.8, 4) is 0 Å².